The predicted octanol–water partition coefficient (Wildman–Crippen LogP) is 0.745. The molecule has 0 unspecified atom stereocenters. The molecule has 0 bridgehead atoms. The predicted molar refractivity (Wildman–Crippen MR) is 61.4 cm³/mol. The zero-order valence-electron chi connectivity index (χ0n) is 9.93. The lowest BCUT2D eigenvalue weighted by Crippen LogP contribution is -2.29. The van der Waals surface area contributed by atoms with Gasteiger partial charge in [0.05, 0.1) is 0 Å². The molecule has 0 saturated heterocycles. The average Bonchev–Trinajstić information content (AvgIpc) is 2.27. The number of nitrogens with zero attached hydrogens (tertiary/aromatic N) is 3. The van der Waals surface area contributed by atoms with E-state index in [-0.39, 0.29) is 11.5 Å². The molecule has 0 fully saturated rings. The van der Waals surface area contributed by atoms with Gasteiger partial charge in [-0.25, -0.2) is 4.68 Å². The highest BCUT2D eigenvalue weighted by atomic mass is 16.2. The van der Waals surface area contributed by atoms with Gasteiger partial charge in [-0.1, -0.05) is 13.3 Å². The van der Waals surface area contributed by atoms with Crippen molar-refractivity contribution in [3.8, 4) is 0 Å². The highest BCUT2D eigenvalue weighted by Crippen LogP contribution is 1.96. The lowest BCUT2D eigenvalue weighted by atomic mass is 10.3. The fraction of sp³-hybridized carbons (Fsp3) is 0.545. The van der Waals surface area contributed by atoms with Crippen molar-refractivity contribution in [2.45, 2.75) is 26.3 Å². The molecule has 1 aromatic rings. The van der Waals surface area contributed by atoms with Gasteiger partial charge in [0, 0.05) is 26.7 Å². The summed E-state index contributed by atoms with van der Waals surface area (Å²) in [5.41, 5.74) is 0.143. The number of rotatable bonds is 4. The SMILES string of the molecule is CCCCn1nc(C(=O)N(C)C)ccc1=O. The molecule has 0 radical (unpaired) electrons. The van der Waals surface area contributed by atoms with Gasteiger partial charge in [-0.15, -0.1) is 0 Å². The molecule has 5 nitrogen and oxygen atoms in total. The number of carbonyl (C=O) groups is 1. The number of hydrogen-bond donors (Lipinski definition) is 0. The molecule has 16 heavy (non-hydrogen) atoms. The molecule has 1 rings (SSSR count). The minimum absolute atomic E-state index is 0.163. The van der Waals surface area contributed by atoms with Crippen LogP contribution in [0.5, 0.6) is 0 Å². The Bertz CT molecular complexity index is 423. The molecule has 0 aliphatic carbocycles. The van der Waals surface area contributed by atoms with E-state index in [1.54, 1.807) is 14.1 Å². The van der Waals surface area contributed by atoms with Gasteiger partial charge in [-0.2, -0.15) is 5.10 Å². The molecule has 0 atom stereocenters. The molecule has 0 saturated carbocycles. The normalized spacial score (nSPS) is 10.2. The first-order valence-corrected chi connectivity index (χ1v) is 5.36. The number of hydrogen-bond acceptors (Lipinski definition) is 3. The third-order valence-corrected chi connectivity index (χ3v) is 2.22. The second-order valence-electron chi connectivity index (χ2n) is 3.83. The quantitative estimate of drug-likeness (QED) is 0.756. The third kappa shape index (κ3) is 2.92. The summed E-state index contributed by atoms with van der Waals surface area (Å²) in [4.78, 5) is 24.5. The lowest BCUT2D eigenvalue weighted by molar-refractivity contribution is 0.0819. The van der Waals surface area contributed by atoms with Gasteiger partial charge in [-0.05, 0) is 12.5 Å². The summed E-state index contributed by atoms with van der Waals surface area (Å²) in [7, 11) is 3.32. The minimum Gasteiger partial charge on any atom is -0.343 e. The summed E-state index contributed by atoms with van der Waals surface area (Å²) in [6.45, 7) is 2.60. The Morgan fingerprint density at radius 1 is 1.44 bits per heavy atom. The number of aryl methyl sites for hydroxylation is 1. The zero-order valence-corrected chi connectivity index (χ0v) is 9.93. The van der Waals surface area contributed by atoms with E-state index in [0.717, 1.165) is 12.8 Å². The maximum absolute atomic E-state index is 11.6. The molecule has 0 N–H and O–H groups in total. The van der Waals surface area contributed by atoms with Gasteiger partial charge >= 0.3 is 0 Å². The van der Waals surface area contributed by atoms with Crippen LogP contribution in [0.1, 0.15) is 30.3 Å². The van der Waals surface area contributed by atoms with Crippen molar-refractivity contribution in [3.63, 3.8) is 0 Å². The van der Waals surface area contributed by atoms with Crippen LogP contribution in [0, 0.1) is 0 Å². The number of unbranched alkanes of at least 4 members (excludes halogenated alkanes) is 1. The fourth-order valence-electron chi connectivity index (χ4n) is 1.26. The van der Waals surface area contributed by atoms with Gasteiger partial charge in [0.1, 0.15) is 5.69 Å². The van der Waals surface area contributed by atoms with Crippen molar-refractivity contribution in [1.82, 2.24) is 14.7 Å². The Hall–Kier alpha value is -1.65. The van der Waals surface area contributed by atoms with Crippen LogP contribution in [0.4, 0.5) is 0 Å². The van der Waals surface area contributed by atoms with Crippen LogP contribution in [-0.4, -0.2) is 34.7 Å². The van der Waals surface area contributed by atoms with Crippen molar-refractivity contribution in [1.29, 1.82) is 0 Å². The standard InChI is InChI=1S/C11H17N3O2/c1-4-5-8-14-10(15)7-6-9(12-14)11(16)13(2)3/h6-7H,4-5,8H2,1-3H3. The molecule has 1 heterocycles. The van der Waals surface area contributed by atoms with Crippen LogP contribution in [0.2, 0.25) is 0 Å². The van der Waals surface area contributed by atoms with Crippen LogP contribution in [0.25, 0.3) is 0 Å². The molecule has 1 aromatic heterocycles. The van der Waals surface area contributed by atoms with Crippen molar-refractivity contribution in [3.05, 3.63) is 28.2 Å². The molecular weight excluding hydrogens is 206 g/mol. The summed E-state index contributed by atoms with van der Waals surface area (Å²) in [5, 5.41) is 4.04. The van der Waals surface area contributed by atoms with Crippen LogP contribution in [0.3, 0.4) is 0 Å². The highest BCUT2D eigenvalue weighted by Gasteiger charge is 2.10. The van der Waals surface area contributed by atoms with Crippen LogP contribution in [-0.2, 0) is 6.54 Å². The summed E-state index contributed by atoms with van der Waals surface area (Å²) >= 11 is 0. The molecule has 5 heteroatoms. The molecule has 0 aliphatic rings. The maximum Gasteiger partial charge on any atom is 0.273 e. The van der Waals surface area contributed by atoms with Crippen LogP contribution < -0.4 is 5.56 Å². The van der Waals surface area contributed by atoms with Crippen LogP contribution in [0.15, 0.2) is 16.9 Å². The molecule has 0 aromatic carbocycles. The first-order chi connectivity index (χ1) is 7.56. The summed E-state index contributed by atoms with van der Waals surface area (Å²) in [5.74, 6) is -0.190. The van der Waals surface area contributed by atoms with E-state index in [4.69, 9.17) is 0 Å². The van der Waals surface area contributed by atoms with E-state index in [2.05, 4.69) is 5.10 Å². The Kier molecular flexibility index (Phi) is 4.22. The van der Waals surface area contributed by atoms with Crippen molar-refractivity contribution in [2.75, 3.05) is 14.1 Å². The first-order valence-electron chi connectivity index (χ1n) is 5.36. The molecular formula is C11H17N3O2. The van der Waals surface area contributed by atoms with Crippen molar-refractivity contribution >= 4 is 5.91 Å². The molecule has 88 valence electrons. The second-order valence-corrected chi connectivity index (χ2v) is 3.83. The Balaban J connectivity index is 2.98. The number of carbonyl (C=O) groups excluding carboxylic acids is 1. The summed E-state index contributed by atoms with van der Waals surface area (Å²) in [6.07, 6.45) is 1.87. The minimum atomic E-state index is -0.190. The molecule has 0 aliphatic heterocycles. The van der Waals surface area contributed by atoms with Crippen LogP contribution >= 0.6 is 0 Å². The molecule has 0 spiro atoms. The van der Waals surface area contributed by atoms with Gasteiger partial charge in [0.15, 0.2) is 0 Å². The van der Waals surface area contributed by atoms with Gasteiger partial charge in [0.25, 0.3) is 11.5 Å². The Morgan fingerprint density at radius 3 is 2.69 bits per heavy atom. The van der Waals surface area contributed by atoms with E-state index >= 15 is 0 Å². The number of aromatic nitrogens is 2. The van der Waals surface area contributed by atoms with Gasteiger partial charge < -0.3 is 4.90 Å². The summed E-state index contributed by atoms with van der Waals surface area (Å²) in [6, 6.07) is 2.85. The van der Waals surface area contributed by atoms with E-state index in [1.165, 1.54) is 21.7 Å². The Morgan fingerprint density at radius 2 is 2.12 bits per heavy atom. The van der Waals surface area contributed by atoms with Gasteiger partial charge in [0.2, 0.25) is 0 Å². The van der Waals surface area contributed by atoms with Crippen molar-refractivity contribution in [2.24, 2.45) is 0 Å². The van der Waals surface area contributed by atoms with E-state index < -0.39 is 0 Å². The zero-order chi connectivity index (χ0) is 12.1. The topological polar surface area (TPSA) is 55.2 Å². The number of amides is 1. The monoisotopic (exact) mass is 223 g/mol. The maximum atomic E-state index is 11.6. The smallest absolute Gasteiger partial charge is 0.273 e. The highest BCUT2D eigenvalue weighted by molar-refractivity contribution is 5.91. The summed E-state index contributed by atoms with van der Waals surface area (Å²) < 4.78 is 1.35. The Labute approximate surface area is 94.7 Å². The largest absolute Gasteiger partial charge is 0.343 e. The second kappa shape index (κ2) is 5.44. The van der Waals surface area contributed by atoms with Crippen molar-refractivity contribution < 1.29 is 4.79 Å². The fourth-order valence-corrected chi connectivity index (χ4v) is 1.26. The average molecular weight is 223 g/mol. The lowest BCUT2D eigenvalue weighted by Gasteiger charge is -2.10. The van der Waals surface area contributed by atoms with E-state index in [9.17, 15) is 9.59 Å². The molecule has 1 amide bonds. The first kappa shape index (κ1) is 12.4. The third-order valence-electron chi connectivity index (χ3n) is 2.22. The van der Waals surface area contributed by atoms with E-state index in [1.807, 2.05) is 6.92 Å². The van der Waals surface area contributed by atoms with Gasteiger partial charge in [-0.3, -0.25) is 9.59 Å². The van der Waals surface area contributed by atoms with E-state index in [0.29, 0.717) is 12.2 Å².